The van der Waals surface area contributed by atoms with Crippen molar-refractivity contribution < 1.29 is 0 Å². The van der Waals surface area contributed by atoms with Crippen molar-refractivity contribution in [2.45, 2.75) is 32.7 Å². The molecular weight excluding hydrogens is 186 g/mol. The van der Waals surface area contributed by atoms with Gasteiger partial charge in [-0.05, 0) is 32.8 Å². The summed E-state index contributed by atoms with van der Waals surface area (Å²) in [6, 6.07) is 2.85. The molecule has 0 radical (unpaired) electrons. The van der Waals surface area contributed by atoms with Crippen LogP contribution in [-0.2, 0) is 0 Å². The van der Waals surface area contributed by atoms with Gasteiger partial charge in [0.1, 0.15) is 0 Å². The predicted octanol–water partition coefficient (Wildman–Crippen LogP) is 2.50. The Bertz CT molecular complexity index is 324. The molecule has 3 nitrogen and oxygen atoms in total. The molecule has 1 aliphatic heterocycles. The number of nitrogens with one attached hydrogen (secondary N) is 1. The van der Waals surface area contributed by atoms with Gasteiger partial charge >= 0.3 is 0 Å². The summed E-state index contributed by atoms with van der Waals surface area (Å²) in [5.74, 6) is 0. The van der Waals surface area contributed by atoms with Crippen LogP contribution < -0.4 is 10.2 Å². The van der Waals surface area contributed by atoms with Gasteiger partial charge in [0.05, 0.1) is 23.8 Å². The monoisotopic (exact) mass is 205 g/mol. The van der Waals surface area contributed by atoms with E-state index >= 15 is 0 Å². The second-order valence-corrected chi connectivity index (χ2v) is 4.15. The van der Waals surface area contributed by atoms with E-state index in [1.165, 1.54) is 25.1 Å². The molecule has 15 heavy (non-hydrogen) atoms. The molecule has 1 aromatic heterocycles. The van der Waals surface area contributed by atoms with Crippen LogP contribution in [0.15, 0.2) is 18.5 Å². The molecule has 0 spiro atoms. The fourth-order valence-corrected chi connectivity index (χ4v) is 2.20. The first-order valence-electron chi connectivity index (χ1n) is 5.77. The smallest absolute Gasteiger partial charge is 0.0575 e. The summed E-state index contributed by atoms with van der Waals surface area (Å²) in [5, 5.41) is 3.30. The minimum atomic E-state index is 0.656. The lowest BCUT2D eigenvalue weighted by atomic mass is 10.2. The fourth-order valence-electron chi connectivity index (χ4n) is 2.20. The lowest BCUT2D eigenvalue weighted by Gasteiger charge is -2.23. The molecule has 0 aromatic carbocycles. The van der Waals surface area contributed by atoms with Gasteiger partial charge in [-0.15, -0.1) is 0 Å². The van der Waals surface area contributed by atoms with Crippen molar-refractivity contribution in [2.75, 3.05) is 23.3 Å². The zero-order valence-corrected chi connectivity index (χ0v) is 9.53. The van der Waals surface area contributed by atoms with Crippen molar-refractivity contribution in [1.29, 1.82) is 0 Å². The number of rotatable bonds is 3. The number of hydrogen-bond donors (Lipinski definition) is 1. The normalized spacial score (nSPS) is 20.7. The molecule has 1 fully saturated rings. The third-order valence-corrected chi connectivity index (χ3v) is 2.99. The van der Waals surface area contributed by atoms with Gasteiger partial charge in [0.2, 0.25) is 0 Å². The van der Waals surface area contributed by atoms with Crippen molar-refractivity contribution >= 4 is 11.4 Å². The molecule has 1 atom stereocenters. The SMILES string of the molecule is CCNc1cncc(N2CCCC2C)c1. The molecule has 0 bridgehead atoms. The number of hydrogen-bond acceptors (Lipinski definition) is 3. The highest BCUT2D eigenvalue weighted by Gasteiger charge is 2.20. The summed E-state index contributed by atoms with van der Waals surface area (Å²) in [7, 11) is 0. The summed E-state index contributed by atoms with van der Waals surface area (Å²) >= 11 is 0. The summed E-state index contributed by atoms with van der Waals surface area (Å²) in [6.07, 6.45) is 6.44. The Kier molecular flexibility index (Phi) is 3.09. The molecular formula is C12H19N3. The first-order chi connectivity index (χ1) is 7.31. The lowest BCUT2D eigenvalue weighted by Crippen LogP contribution is -2.26. The average Bonchev–Trinajstić information content (AvgIpc) is 2.65. The topological polar surface area (TPSA) is 28.2 Å². The third kappa shape index (κ3) is 2.22. The van der Waals surface area contributed by atoms with Crippen LogP contribution in [0, 0.1) is 0 Å². The Labute approximate surface area is 91.5 Å². The van der Waals surface area contributed by atoms with Crippen molar-refractivity contribution in [3.8, 4) is 0 Å². The second-order valence-electron chi connectivity index (χ2n) is 4.15. The average molecular weight is 205 g/mol. The maximum absolute atomic E-state index is 4.28. The predicted molar refractivity (Wildman–Crippen MR) is 64.4 cm³/mol. The molecule has 82 valence electrons. The molecule has 2 heterocycles. The van der Waals surface area contributed by atoms with Gasteiger partial charge in [-0.25, -0.2) is 0 Å². The van der Waals surface area contributed by atoms with Crippen LogP contribution in [0.1, 0.15) is 26.7 Å². The van der Waals surface area contributed by atoms with Gasteiger partial charge in [-0.2, -0.15) is 0 Å². The van der Waals surface area contributed by atoms with Crippen LogP contribution in [-0.4, -0.2) is 24.1 Å². The van der Waals surface area contributed by atoms with Gasteiger partial charge in [0.15, 0.2) is 0 Å². The Balaban J connectivity index is 2.16. The van der Waals surface area contributed by atoms with E-state index in [0.717, 1.165) is 12.2 Å². The highest BCUT2D eigenvalue weighted by molar-refractivity contribution is 5.56. The summed E-state index contributed by atoms with van der Waals surface area (Å²) in [6.45, 7) is 6.50. The van der Waals surface area contributed by atoms with E-state index in [0.29, 0.717) is 6.04 Å². The number of pyridine rings is 1. The van der Waals surface area contributed by atoms with Gasteiger partial charge in [0.25, 0.3) is 0 Å². The molecule has 1 aromatic rings. The van der Waals surface area contributed by atoms with Crippen molar-refractivity contribution in [2.24, 2.45) is 0 Å². The lowest BCUT2D eigenvalue weighted by molar-refractivity contribution is 0.734. The van der Waals surface area contributed by atoms with E-state index in [1.54, 1.807) is 0 Å². The second kappa shape index (κ2) is 4.51. The molecule has 0 amide bonds. The van der Waals surface area contributed by atoms with Crippen LogP contribution in [0.25, 0.3) is 0 Å². The number of nitrogens with zero attached hydrogens (tertiary/aromatic N) is 2. The largest absolute Gasteiger partial charge is 0.384 e. The van der Waals surface area contributed by atoms with Crippen LogP contribution in [0.5, 0.6) is 0 Å². The van der Waals surface area contributed by atoms with Crippen LogP contribution in [0.2, 0.25) is 0 Å². The van der Waals surface area contributed by atoms with Crippen molar-refractivity contribution in [3.63, 3.8) is 0 Å². The van der Waals surface area contributed by atoms with E-state index in [2.05, 4.69) is 35.1 Å². The van der Waals surface area contributed by atoms with Crippen LogP contribution >= 0.6 is 0 Å². The molecule has 1 saturated heterocycles. The van der Waals surface area contributed by atoms with Gasteiger partial charge < -0.3 is 10.2 Å². The van der Waals surface area contributed by atoms with Crippen molar-refractivity contribution in [3.05, 3.63) is 18.5 Å². The fraction of sp³-hybridized carbons (Fsp3) is 0.583. The maximum Gasteiger partial charge on any atom is 0.0575 e. The molecule has 0 aliphatic carbocycles. The molecule has 1 aliphatic rings. The molecule has 2 rings (SSSR count). The maximum atomic E-state index is 4.28. The van der Waals surface area contributed by atoms with Gasteiger partial charge in [0, 0.05) is 19.1 Å². The Hall–Kier alpha value is -1.25. The first-order valence-corrected chi connectivity index (χ1v) is 5.77. The molecule has 1 N–H and O–H groups in total. The van der Waals surface area contributed by atoms with E-state index in [-0.39, 0.29) is 0 Å². The highest BCUT2D eigenvalue weighted by atomic mass is 15.2. The highest BCUT2D eigenvalue weighted by Crippen LogP contribution is 2.26. The third-order valence-electron chi connectivity index (χ3n) is 2.99. The van der Waals surface area contributed by atoms with Crippen LogP contribution in [0.4, 0.5) is 11.4 Å². The Morgan fingerprint density at radius 1 is 1.53 bits per heavy atom. The van der Waals surface area contributed by atoms with Crippen LogP contribution in [0.3, 0.4) is 0 Å². The summed E-state index contributed by atoms with van der Waals surface area (Å²) in [4.78, 5) is 6.72. The zero-order chi connectivity index (χ0) is 10.7. The summed E-state index contributed by atoms with van der Waals surface area (Å²) < 4.78 is 0. The summed E-state index contributed by atoms with van der Waals surface area (Å²) in [5.41, 5.74) is 2.37. The van der Waals surface area contributed by atoms with E-state index in [1.807, 2.05) is 12.4 Å². The van der Waals surface area contributed by atoms with Gasteiger partial charge in [-0.3, -0.25) is 4.98 Å². The van der Waals surface area contributed by atoms with Crippen molar-refractivity contribution in [1.82, 2.24) is 4.98 Å². The Morgan fingerprint density at radius 3 is 3.07 bits per heavy atom. The molecule has 1 unspecified atom stereocenters. The minimum Gasteiger partial charge on any atom is -0.384 e. The zero-order valence-electron chi connectivity index (χ0n) is 9.53. The molecule has 0 saturated carbocycles. The minimum absolute atomic E-state index is 0.656. The first kappa shape index (κ1) is 10.3. The standard InChI is InChI=1S/C12H19N3/c1-3-14-11-7-12(9-13-8-11)15-6-4-5-10(15)2/h7-10,14H,3-6H2,1-2H3. The van der Waals surface area contributed by atoms with E-state index in [9.17, 15) is 0 Å². The van der Waals surface area contributed by atoms with E-state index in [4.69, 9.17) is 0 Å². The number of anilines is 2. The Morgan fingerprint density at radius 2 is 2.40 bits per heavy atom. The quantitative estimate of drug-likeness (QED) is 0.821. The molecule has 3 heteroatoms. The number of aromatic nitrogens is 1. The van der Waals surface area contributed by atoms with E-state index < -0.39 is 0 Å². The van der Waals surface area contributed by atoms with Gasteiger partial charge in [-0.1, -0.05) is 0 Å².